The van der Waals surface area contributed by atoms with Crippen molar-refractivity contribution >= 4 is 17.7 Å². The van der Waals surface area contributed by atoms with Crippen LogP contribution in [0.1, 0.15) is 25.1 Å². The van der Waals surface area contributed by atoms with Gasteiger partial charge in [0.05, 0.1) is 25.4 Å². The van der Waals surface area contributed by atoms with Crippen LogP contribution in [0.4, 0.5) is 0 Å². The zero-order chi connectivity index (χ0) is 25.8. The van der Waals surface area contributed by atoms with Crippen LogP contribution >= 0.6 is 0 Å². The zero-order valence-electron chi connectivity index (χ0n) is 20.8. The molecule has 192 valence electrons. The monoisotopic (exact) mass is 494 g/mol. The van der Waals surface area contributed by atoms with Crippen LogP contribution in [0.5, 0.6) is 0 Å². The van der Waals surface area contributed by atoms with Crippen LogP contribution in [0, 0.1) is 0 Å². The molecule has 36 heavy (non-hydrogen) atoms. The first-order valence-corrected chi connectivity index (χ1v) is 12.1. The van der Waals surface area contributed by atoms with E-state index >= 15 is 0 Å². The number of aromatic nitrogens is 1. The van der Waals surface area contributed by atoms with E-state index in [-0.39, 0.29) is 25.0 Å². The fourth-order valence-corrected chi connectivity index (χ4v) is 4.57. The van der Waals surface area contributed by atoms with Gasteiger partial charge in [0.2, 0.25) is 17.7 Å². The molecule has 4 N–H and O–H groups in total. The smallest absolute Gasteiger partial charge is 0.247 e. The van der Waals surface area contributed by atoms with Gasteiger partial charge in [0.1, 0.15) is 11.6 Å². The molecular formula is C26H34N6O4. The topological polar surface area (TPSA) is 130 Å². The van der Waals surface area contributed by atoms with E-state index in [9.17, 15) is 14.4 Å². The highest BCUT2D eigenvalue weighted by atomic mass is 16.5. The standard InChI is InChI=1S/C26H34N6O4/c1-25(2,27)23(34)30-21(16-36-15-19-8-4-3-5-9-19)22(33)31-12-13-32-18-29-24(35)26(32,17-31)14-20-10-6-7-11-28-20/h3-11,21H,12-18,27H2,1-2H3,(H,29,35)(H,30,34). The number of ether oxygens (including phenoxy) is 1. The Hall–Kier alpha value is -3.34. The SMILES string of the molecule is CC(C)(N)C(=O)NC(COCc1ccccc1)C(=O)N1CCN2CNC(=O)C2(Cc2ccccn2)C1. The van der Waals surface area contributed by atoms with E-state index < -0.39 is 23.0 Å². The molecule has 0 spiro atoms. The number of fused-ring (bicyclic) bond motifs is 1. The maximum Gasteiger partial charge on any atom is 0.247 e. The summed E-state index contributed by atoms with van der Waals surface area (Å²) in [5.74, 6) is -0.889. The van der Waals surface area contributed by atoms with Gasteiger partial charge in [-0.05, 0) is 31.5 Å². The first kappa shape index (κ1) is 25.7. The highest BCUT2D eigenvalue weighted by Crippen LogP contribution is 2.29. The van der Waals surface area contributed by atoms with Crippen LogP contribution < -0.4 is 16.4 Å². The molecule has 2 saturated heterocycles. The van der Waals surface area contributed by atoms with E-state index in [0.29, 0.717) is 32.8 Å². The van der Waals surface area contributed by atoms with Crippen molar-refractivity contribution in [2.75, 3.05) is 32.9 Å². The van der Waals surface area contributed by atoms with Crippen LogP contribution in [-0.4, -0.2) is 82.5 Å². The largest absolute Gasteiger partial charge is 0.374 e. The number of carbonyl (C=O) groups is 3. The van der Waals surface area contributed by atoms with E-state index in [1.807, 2.05) is 48.5 Å². The Balaban J connectivity index is 1.51. The van der Waals surface area contributed by atoms with E-state index in [2.05, 4.69) is 20.5 Å². The number of pyridine rings is 1. The molecule has 2 unspecified atom stereocenters. The van der Waals surface area contributed by atoms with Crippen molar-refractivity contribution in [3.05, 3.63) is 66.0 Å². The summed E-state index contributed by atoms with van der Waals surface area (Å²) in [7, 11) is 0. The molecule has 2 aliphatic rings. The molecule has 0 radical (unpaired) electrons. The van der Waals surface area contributed by atoms with Gasteiger partial charge >= 0.3 is 0 Å². The fraction of sp³-hybridized carbons (Fsp3) is 0.462. The Labute approximate surface area is 211 Å². The second-order valence-electron chi connectivity index (χ2n) is 9.97. The number of nitrogens with two attached hydrogens (primary N) is 1. The number of amides is 3. The number of hydrogen-bond acceptors (Lipinski definition) is 7. The van der Waals surface area contributed by atoms with Gasteiger partial charge < -0.3 is 26.0 Å². The van der Waals surface area contributed by atoms with Crippen LogP contribution in [0.2, 0.25) is 0 Å². The Morgan fingerprint density at radius 2 is 1.94 bits per heavy atom. The summed E-state index contributed by atoms with van der Waals surface area (Å²) in [4.78, 5) is 47.6. The van der Waals surface area contributed by atoms with Gasteiger partial charge in [0.15, 0.2) is 0 Å². The van der Waals surface area contributed by atoms with Gasteiger partial charge in [0, 0.05) is 37.9 Å². The fourth-order valence-electron chi connectivity index (χ4n) is 4.57. The van der Waals surface area contributed by atoms with E-state index in [4.69, 9.17) is 10.5 Å². The molecule has 1 aromatic carbocycles. The number of hydrogen-bond donors (Lipinski definition) is 3. The molecule has 3 heterocycles. The number of nitrogens with one attached hydrogen (secondary N) is 2. The third-order valence-corrected chi connectivity index (χ3v) is 6.65. The summed E-state index contributed by atoms with van der Waals surface area (Å²) in [6, 6.07) is 14.2. The highest BCUT2D eigenvalue weighted by Gasteiger charge is 2.53. The van der Waals surface area contributed by atoms with Gasteiger partial charge in [-0.2, -0.15) is 0 Å². The molecule has 10 nitrogen and oxygen atoms in total. The quantitative estimate of drug-likeness (QED) is 0.449. The Morgan fingerprint density at radius 1 is 1.19 bits per heavy atom. The Morgan fingerprint density at radius 3 is 2.64 bits per heavy atom. The summed E-state index contributed by atoms with van der Waals surface area (Å²) in [6.07, 6.45) is 2.07. The van der Waals surface area contributed by atoms with Crippen molar-refractivity contribution in [2.45, 2.75) is 44.0 Å². The molecule has 1 aromatic heterocycles. The first-order chi connectivity index (χ1) is 17.2. The van der Waals surface area contributed by atoms with Gasteiger partial charge in [-0.1, -0.05) is 36.4 Å². The first-order valence-electron chi connectivity index (χ1n) is 12.1. The molecule has 0 bridgehead atoms. The molecule has 3 amide bonds. The molecular weight excluding hydrogens is 460 g/mol. The lowest BCUT2D eigenvalue weighted by atomic mass is 9.88. The minimum absolute atomic E-state index is 0.0187. The van der Waals surface area contributed by atoms with Crippen LogP contribution in [0.25, 0.3) is 0 Å². The van der Waals surface area contributed by atoms with Gasteiger partial charge in [-0.15, -0.1) is 0 Å². The average molecular weight is 495 g/mol. The van der Waals surface area contributed by atoms with Gasteiger partial charge in [-0.25, -0.2) is 0 Å². The summed E-state index contributed by atoms with van der Waals surface area (Å²) >= 11 is 0. The minimum atomic E-state index is -1.16. The number of carbonyl (C=O) groups excluding carboxylic acids is 3. The maximum atomic E-state index is 13.7. The van der Waals surface area contributed by atoms with Crippen molar-refractivity contribution in [1.82, 2.24) is 25.4 Å². The average Bonchev–Trinajstić information content (AvgIpc) is 3.18. The molecule has 2 fully saturated rings. The zero-order valence-corrected chi connectivity index (χ0v) is 20.8. The number of piperazine rings is 1. The van der Waals surface area contributed by atoms with E-state index in [1.165, 1.54) is 0 Å². The normalized spacial score (nSPS) is 21.0. The van der Waals surface area contributed by atoms with Crippen LogP contribution in [0.15, 0.2) is 54.7 Å². The number of rotatable bonds is 9. The lowest BCUT2D eigenvalue weighted by molar-refractivity contribution is -0.145. The summed E-state index contributed by atoms with van der Waals surface area (Å²) < 4.78 is 5.83. The van der Waals surface area contributed by atoms with Crippen LogP contribution in [0.3, 0.4) is 0 Å². The minimum Gasteiger partial charge on any atom is -0.374 e. The number of nitrogens with zero attached hydrogens (tertiary/aromatic N) is 3. The van der Waals surface area contributed by atoms with E-state index in [0.717, 1.165) is 11.3 Å². The molecule has 2 atom stereocenters. The molecule has 4 rings (SSSR count). The highest BCUT2D eigenvalue weighted by molar-refractivity contribution is 5.93. The second kappa shape index (κ2) is 10.7. The Kier molecular flexibility index (Phi) is 7.67. The van der Waals surface area contributed by atoms with Gasteiger partial charge in [-0.3, -0.25) is 24.3 Å². The second-order valence-corrected chi connectivity index (χ2v) is 9.97. The van der Waals surface area contributed by atoms with Crippen LogP contribution in [-0.2, 0) is 32.1 Å². The lowest BCUT2D eigenvalue weighted by Gasteiger charge is -2.45. The van der Waals surface area contributed by atoms with Crippen molar-refractivity contribution in [1.29, 1.82) is 0 Å². The van der Waals surface area contributed by atoms with Crippen molar-refractivity contribution < 1.29 is 19.1 Å². The third-order valence-electron chi connectivity index (χ3n) is 6.65. The molecule has 2 aliphatic heterocycles. The van der Waals surface area contributed by atoms with Crippen molar-refractivity contribution in [2.24, 2.45) is 5.73 Å². The molecule has 0 saturated carbocycles. The van der Waals surface area contributed by atoms with Gasteiger partial charge in [0.25, 0.3) is 0 Å². The lowest BCUT2D eigenvalue weighted by Crippen LogP contribution is -2.67. The predicted octanol–water partition coefficient (Wildman–Crippen LogP) is 0.0333. The summed E-state index contributed by atoms with van der Waals surface area (Å²) in [6.45, 7) is 5.00. The molecule has 0 aliphatic carbocycles. The molecule has 10 heteroatoms. The maximum absolute atomic E-state index is 13.7. The van der Waals surface area contributed by atoms with Crippen molar-refractivity contribution in [3.63, 3.8) is 0 Å². The summed E-state index contributed by atoms with van der Waals surface area (Å²) in [5, 5.41) is 5.69. The summed E-state index contributed by atoms with van der Waals surface area (Å²) in [5.41, 5.74) is 5.62. The predicted molar refractivity (Wildman–Crippen MR) is 133 cm³/mol. The molecule has 2 aromatic rings. The van der Waals surface area contributed by atoms with E-state index in [1.54, 1.807) is 24.9 Å². The third kappa shape index (κ3) is 5.72. The van der Waals surface area contributed by atoms with Crippen molar-refractivity contribution in [3.8, 4) is 0 Å². The number of benzene rings is 1. The Bertz CT molecular complexity index is 1070.